The molecule has 1 aliphatic rings. The van der Waals surface area contributed by atoms with Crippen LogP contribution in [0.1, 0.15) is 27.7 Å². The van der Waals surface area contributed by atoms with Gasteiger partial charge in [0.2, 0.25) is 0 Å². The first-order valence-electron chi connectivity index (χ1n) is 8.71. The fourth-order valence-electron chi connectivity index (χ4n) is 3.00. The zero-order valence-corrected chi connectivity index (χ0v) is 18.4. The Morgan fingerprint density at radius 2 is 1.17 bits per heavy atom. The van der Waals surface area contributed by atoms with Gasteiger partial charge in [0.1, 0.15) is 0 Å². The van der Waals surface area contributed by atoms with E-state index in [1.54, 1.807) is 0 Å². The second-order valence-electron chi connectivity index (χ2n) is 9.60. The zero-order valence-electron chi connectivity index (χ0n) is 16.4. The molecule has 0 aromatic heterocycles. The van der Waals surface area contributed by atoms with Crippen LogP contribution in [-0.2, 0) is 9.31 Å². The van der Waals surface area contributed by atoms with E-state index in [1.807, 2.05) is 0 Å². The predicted molar refractivity (Wildman–Crippen MR) is 107 cm³/mol. The van der Waals surface area contributed by atoms with Gasteiger partial charge in [-0.05, 0) is 33.6 Å². The number of rotatable bonds is 4. The van der Waals surface area contributed by atoms with Gasteiger partial charge in [-0.25, -0.2) is 0 Å². The molecule has 0 N–H and O–H groups in total. The molecule has 1 aromatic carbocycles. The summed E-state index contributed by atoms with van der Waals surface area (Å²) in [5, 5.41) is 3.02. The summed E-state index contributed by atoms with van der Waals surface area (Å²) in [6.45, 7) is 20.5. The maximum absolute atomic E-state index is 6.22. The Labute approximate surface area is 145 Å². The van der Waals surface area contributed by atoms with E-state index in [0.717, 1.165) is 5.94 Å². The molecule has 0 bridgehead atoms. The molecule has 5 heteroatoms. The Morgan fingerprint density at radius 1 is 0.783 bits per heavy atom. The van der Waals surface area contributed by atoms with Gasteiger partial charge < -0.3 is 9.31 Å². The SMILES string of the molecule is CC1(C)OB(C[Si](C)(C)c2ccc([Si](C)(C)C)cc2)OC1(C)C. The molecule has 1 fully saturated rings. The Balaban J connectivity index is 2.14. The van der Waals surface area contributed by atoms with Gasteiger partial charge in [-0.15, -0.1) is 0 Å². The molecular formula is C18H33BO2Si2. The monoisotopic (exact) mass is 348 g/mol. The van der Waals surface area contributed by atoms with E-state index in [-0.39, 0.29) is 18.3 Å². The second-order valence-corrected chi connectivity index (χ2v) is 19.4. The molecule has 128 valence electrons. The molecule has 1 heterocycles. The predicted octanol–water partition coefficient (Wildman–Crippen LogP) is 3.78. The second kappa shape index (κ2) is 5.87. The highest BCUT2D eigenvalue weighted by atomic mass is 28.3. The molecule has 2 nitrogen and oxygen atoms in total. The van der Waals surface area contributed by atoms with Gasteiger partial charge in [-0.3, -0.25) is 0 Å². The molecule has 0 radical (unpaired) electrons. The lowest BCUT2D eigenvalue weighted by Crippen LogP contribution is -2.47. The smallest absolute Gasteiger partial charge is 0.403 e. The van der Waals surface area contributed by atoms with Gasteiger partial charge in [-0.1, -0.05) is 67.4 Å². The van der Waals surface area contributed by atoms with Gasteiger partial charge in [0, 0.05) is 0 Å². The third-order valence-corrected chi connectivity index (χ3v) is 10.8. The highest BCUT2D eigenvalue weighted by Gasteiger charge is 2.52. The van der Waals surface area contributed by atoms with E-state index in [0.29, 0.717) is 0 Å². The highest BCUT2D eigenvalue weighted by Crippen LogP contribution is 2.38. The van der Waals surface area contributed by atoms with Crippen molar-refractivity contribution in [2.45, 2.75) is 77.6 Å². The van der Waals surface area contributed by atoms with Crippen LogP contribution in [0, 0.1) is 0 Å². The quantitative estimate of drug-likeness (QED) is 0.771. The van der Waals surface area contributed by atoms with E-state index in [1.165, 1.54) is 10.4 Å². The molecule has 0 spiro atoms. The van der Waals surface area contributed by atoms with Gasteiger partial charge >= 0.3 is 7.12 Å². The van der Waals surface area contributed by atoms with Crippen LogP contribution in [0.25, 0.3) is 0 Å². The lowest BCUT2D eigenvalue weighted by Gasteiger charge is -2.32. The molecule has 2 rings (SSSR count). The normalized spacial score (nSPS) is 20.8. The van der Waals surface area contributed by atoms with Crippen molar-refractivity contribution in [2.75, 3.05) is 0 Å². The molecular weight excluding hydrogens is 315 g/mol. The number of hydrogen-bond acceptors (Lipinski definition) is 2. The lowest BCUT2D eigenvalue weighted by atomic mass is 9.90. The first kappa shape index (κ1) is 19.0. The van der Waals surface area contributed by atoms with E-state index in [4.69, 9.17) is 9.31 Å². The van der Waals surface area contributed by atoms with Crippen LogP contribution in [0.2, 0.25) is 38.7 Å². The molecule has 0 atom stereocenters. The lowest BCUT2D eigenvalue weighted by molar-refractivity contribution is 0.00578. The maximum atomic E-state index is 6.22. The summed E-state index contributed by atoms with van der Waals surface area (Å²) in [7, 11) is -2.89. The summed E-state index contributed by atoms with van der Waals surface area (Å²) in [6, 6.07) is 9.40. The molecule has 0 amide bonds. The van der Waals surface area contributed by atoms with Crippen molar-refractivity contribution in [3.63, 3.8) is 0 Å². The standard InChI is InChI=1S/C18H33BO2Si2/c1-17(2)18(3,4)21-19(20-17)14-23(8,9)16-12-10-15(11-13-16)22(5,6)7/h10-13H,14H2,1-9H3. The van der Waals surface area contributed by atoms with Crippen molar-refractivity contribution in [2.24, 2.45) is 0 Å². The van der Waals surface area contributed by atoms with Crippen LogP contribution < -0.4 is 10.4 Å². The minimum Gasteiger partial charge on any atom is -0.403 e. The first-order valence-corrected chi connectivity index (χ1v) is 15.4. The third-order valence-electron chi connectivity index (χ3n) is 5.51. The Bertz CT molecular complexity index is 543. The summed E-state index contributed by atoms with van der Waals surface area (Å²) >= 11 is 0. The van der Waals surface area contributed by atoms with Crippen LogP contribution in [0.5, 0.6) is 0 Å². The molecule has 0 saturated carbocycles. The average molecular weight is 348 g/mol. The van der Waals surface area contributed by atoms with Crippen LogP contribution in [0.3, 0.4) is 0 Å². The fourth-order valence-corrected chi connectivity index (χ4v) is 6.48. The minimum atomic E-state index is -1.59. The highest BCUT2D eigenvalue weighted by molar-refractivity contribution is 6.96. The van der Waals surface area contributed by atoms with Gasteiger partial charge in [0.05, 0.1) is 27.3 Å². The van der Waals surface area contributed by atoms with Crippen molar-refractivity contribution in [1.29, 1.82) is 0 Å². The molecule has 1 aliphatic heterocycles. The number of benzene rings is 1. The van der Waals surface area contributed by atoms with Crippen molar-refractivity contribution < 1.29 is 9.31 Å². The molecule has 0 unspecified atom stereocenters. The van der Waals surface area contributed by atoms with Gasteiger partial charge in [-0.2, -0.15) is 0 Å². The van der Waals surface area contributed by atoms with Gasteiger partial charge in [0.15, 0.2) is 0 Å². The average Bonchev–Trinajstić information content (AvgIpc) is 2.55. The maximum Gasteiger partial charge on any atom is 0.455 e. The topological polar surface area (TPSA) is 18.5 Å². The fraction of sp³-hybridized carbons (Fsp3) is 0.667. The van der Waals surface area contributed by atoms with Crippen molar-refractivity contribution >= 4 is 33.6 Å². The van der Waals surface area contributed by atoms with E-state index >= 15 is 0 Å². The van der Waals surface area contributed by atoms with E-state index in [2.05, 4.69) is 84.7 Å². The summed E-state index contributed by atoms with van der Waals surface area (Å²) in [5.41, 5.74) is -0.465. The van der Waals surface area contributed by atoms with Gasteiger partial charge in [0.25, 0.3) is 0 Å². The molecule has 0 aliphatic carbocycles. The summed E-state index contributed by atoms with van der Waals surface area (Å²) in [6.07, 6.45) is 0. The summed E-state index contributed by atoms with van der Waals surface area (Å²) in [4.78, 5) is 0. The van der Waals surface area contributed by atoms with E-state index in [9.17, 15) is 0 Å². The van der Waals surface area contributed by atoms with Crippen LogP contribution in [0.15, 0.2) is 24.3 Å². The molecule has 1 saturated heterocycles. The summed E-state index contributed by atoms with van der Waals surface area (Å²) in [5.74, 6) is 1.01. The first-order chi connectivity index (χ1) is 10.2. The molecule has 1 aromatic rings. The Kier molecular flexibility index (Phi) is 4.84. The van der Waals surface area contributed by atoms with Crippen molar-refractivity contribution in [3.05, 3.63) is 24.3 Å². The van der Waals surface area contributed by atoms with Crippen molar-refractivity contribution in [1.82, 2.24) is 0 Å². The number of hydrogen-bond donors (Lipinski definition) is 0. The van der Waals surface area contributed by atoms with Crippen LogP contribution >= 0.6 is 0 Å². The third kappa shape index (κ3) is 4.01. The Hall–Kier alpha value is -0.361. The zero-order chi connectivity index (χ0) is 17.7. The van der Waals surface area contributed by atoms with Crippen molar-refractivity contribution in [3.8, 4) is 0 Å². The molecule has 23 heavy (non-hydrogen) atoms. The van der Waals surface area contributed by atoms with Crippen LogP contribution in [0.4, 0.5) is 0 Å². The Morgan fingerprint density at radius 3 is 1.57 bits per heavy atom. The van der Waals surface area contributed by atoms with Crippen LogP contribution in [-0.4, -0.2) is 34.5 Å². The minimum absolute atomic E-state index is 0.0849. The summed E-state index contributed by atoms with van der Waals surface area (Å²) < 4.78 is 12.4. The largest absolute Gasteiger partial charge is 0.455 e. The van der Waals surface area contributed by atoms with E-state index < -0.39 is 16.1 Å².